The summed E-state index contributed by atoms with van der Waals surface area (Å²) in [5.41, 5.74) is 9.64. The highest BCUT2D eigenvalue weighted by atomic mass is 14.9. The Labute approximate surface area is 233 Å². The summed E-state index contributed by atoms with van der Waals surface area (Å²) in [6.45, 7) is 12.6. The van der Waals surface area contributed by atoms with Crippen LogP contribution in [-0.2, 0) is 0 Å². The van der Waals surface area contributed by atoms with Crippen LogP contribution in [0.3, 0.4) is 0 Å². The average molecular weight is 509 g/mol. The van der Waals surface area contributed by atoms with Gasteiger partial charge in [0, 0.05) is 22.8 Å². The third-order valence-corrected chi connectivity index (χ3v) is 6.55. The second-order valence-corrected chi connectivity index (χ2v) is 9.46. The van der Waals surface area contributed by atoms with E-state index in [-0.39, 0.29) is 5.92 Å². The molecule has 194 valence electrons. The van der Waals surface area contributed by atoms with Crippen molar-refractivity contribution in [2.24, 2.45) is 0 Å². The lowest BCUT2D eigenvalue weighted by molar-refractivity contribution is 0.967. The fourth-order valence-electron chi connectivity index (χ4n) is 4.09. The average Bonchev–Trinajstić information content (AvgIpc) is 2.99. The van der Waals surface area contributed by atoms with Gasteiger partial charge in [0.2, 0.25) is 0 Å². The Bertz CT molecular complexity index is 1460. The first-order valence-corrected chi connectivity index (χ1v) is 13.3. The lowest BCUT2D eigenvalue weighted by Gasteiger charge is -2.11. The molecule has 0 aliphatic carbocycles. The number of hydrogen-bond donors (Lipinski definition) is 2. The van der Waals surface area contributed by atoms with Crippen molar-refractivity contribution in [2.45, 2.75) is 19.8 Å². The number of hydrogen-bond acceptors (Lipinski definition) is 2. The van der Waals surface area contributed by atoms with Gasteiger partial charge >= 0.3 is 0 Å². The molecule has 0 fully saturated rings. The van der Waals surface area contributed by atoms with Gasteiger partial charge in [-0.25, -0.2) is 0 Å². The van der Waals surface area contributed by atoms with E-state index in [1.165, 1.54) is 16.7 Å². The van der Waals surface area contributed by atoms with Gasteiger partial charge in [0.1, 0.15) is 0 Å². The Morgan fingerprint density at radius 2 is 1.15 bits per heavy atom. The third-order valence-electron chi connectivity index (χ3n) is 6.55. The van der Waals surface area contributed by atoms with Crippen molar-refractivity contribution in [3.8, 4) is 11.1 Å². The second kappa shape index (κ2) is 13.6. The van der Waals surface area contributed by atoms with Crippen LogP contribution in [0.25, 0.3) is 11.1 Å². The Kier molecular flexibility index (Phi) is 9.52. The molecule has 0 aromatic heterocycles. The maximum absolute atomic E-state index is 4.21. The summed E-state index contributed by atoms with van der Waals surface area (Å²) in [5.74, 6) is 0.253. The fraction of sp³-hybridized carbons (Fsp3) is 0.0811. The SMILES string of the molecule is C=C(/C=C\C(=C/C)Nc1ccccc1)C(=C)/C=C\C(C)c1ccc(Nc2ccc(-c3ccccc3)cc2)cc1. The van der Waals surface area contributed by atoms with Crippen LogP contribution in [0, 0.1) is 0 Å². The highest BCUT2D eigenvalue weighted by molar-refractivity contribution is 5.68. The van der Waals surface area contributed by atoms with Gasteiger partial charge in [0.15, 0.2) is 0 Å². The molecule has 0 spiro atoms. The van der Waals surface area contributed by atoms with E-state index in [9.17, 15) is 0 Å². The van der Waals surface area contributed by atoms with E-state index in [1.54, 1.807) is 0 Å². The van der Waals surface area contributed by atoms with Crippen LogP contribution in [-0.4, -0.2) is 0 Å². The van der Waals surface area contributed by atoms with E-state index >= 15 is 0 Å². The number of anilines is 3. The highest BCUT2D eigenvalue weighted by Gasteiger charge is 2.04. The maximum atomic E-state index is 4.21. The summed E-state index contributed by atoms with van der Waals surface area (Å²) in [7, 11) is 0. The molecule has 0 radical (unpaired) electrons. The molecule has 0 aliphatic heterocycles. The van der Waals surface area contributed by atoms with Crippen LogP contribution in [0.5, 0.6) is 0 Å². The molecular formula is C37H36N2. The fourth-order valence-corrected chi connectivity index (χ4v) is 4.09. The first-order chi connectivity index (χ1) is 19.0. The molecule has 2 nitrogen and oxygen atoms in total. The lowest BCUT2D eigenvalue weighted by atomic mass is 9.98. The topological polar surface area (TPSA) is 24.1 Å². The molecule has 0 aliphatic rings. The molecule has 39 heavy (non-hydrogen) atoms. The molecule has 2 heteroatoms. The van der Waals surface area contributed by atoms with Crippen LogP contribution >= 0.6 is 0 Å². The third kappa shape index (κ3) is 8.08. The van der Waals surface area contributed by atoms with Crippen molar-refractivity contribution in [1.82, 2.24) is 0 Å². The predicted molar refractivity (Wildman–Crippen MR) is 170 cm³/mol. The first-order valence-electron chi connectivity index (χ1n) is 13.3. The van der Waals surface area contributed by atoms with E-state index in [0.717, 1.165) is 33.9 Å². The normalized spacial score (nSPS) is 12.4. The molecule has 1 unspecified atom stereocenters. The Morgan fingerprint density at radius 3 is 1.77 bits per heavy atom. The minimum absolute atomic E-state index is 0.253. The predicted octanol–water partition coefficient (Wildman–Crippen LogP) is 10.4. The zero-order valence-electron chi connectivity index (χ0n) is 22.8. The smallest absolute Gasteiger partial charge is 0.0384 e. The lowest BCUT2D eigenvalue weighted by Crippen LogP contribution is -1.96. The number of allylic oxidation sites excluding steroid dienone is 7. The summed E-state index contributed by atoms with van der Waals surface area (Å²) >= 11 is 0. The first kappa shape index (κ1) is 27.2. The largest absolute Gasteiger partial charge is 0.356 e. The molecule has 0 heterocycles. The van der Waals surface area contributed by atoms with Crippen LogP contribution in [0.1, 0.15) is 25.3 Å². The molecule has 4 aromatic carbocycles. The minimum Gasteiger partial charge on any atom is -0.356 e. The molecule has 1 atom stereocenters. The van der Waals surface area contributed by atoms with Gasteiger partial charge in [-0.15, -0.1) is 0 Å². The molecule has 4 rings (SSSR count). The summed E-state index contributed by atoms with van der Waals surface area (Å²) in [4.78, 5) is 0. The van der Waals surface area contributed by atoms with Gasteiger partial charge in [0.25, 0.3) is 0 Å². The monoisotopic (exact) mass is 508 g/mol. The van der Waals surface area contributed by atoms with E-state index < -0.39 is 0 Å². The molecule has 2 N–H and O–H groups in total. The number of para-hydroxylation sites is 1. The molecular weight excluding hydrogens is 472 g/mol. The maximum Gasteiger partial charge on any atom is 0.0384 e. The van der Waals surface area contributed by atoms with Crippen molar-refractivity contribution in [1.29, 1.82) is 0 Å². The summed E-state index contributed by atoms with van der Waals surface area (Å²) in [5, 5.41) is 6.90. The zero-order chi connectivity index (χ0) is 27.5. The van der Waals surface area contributed by atoms with Gasteiger partial charge in [0.05, 0.1) is 0 Å². The summed E-state index contributed by atoms with van der Waals surface area (Å²) < 4.78 is 0. The van der Waals surface area contributed by atoms with Gasteiger partial charge in [-0.1, -0.05) is 117 Å². The van der Waals surface area contributed by atoms with Gasteiger partial charge in [-0.2, -0.15) is 0 Å². The highest BCUT2D eigenvalue weighted by Crippen LogP contribution is 2.25. The standard InChI is InChI=1S/C37H36N2/c1-5-34(38-35-14-10-7-11-15-35)23-18-29(3)28(2)16-17-30(4)31-19-24-36(25-20-31)39-37-26-21-33(22-27-37)32-12-8-6-9-13-32/h5-27,30,38-39H,2-3H2,1,4H3/b17-16-,23-18-,34-5+. The summed E-state index contributed by atoms with van der Waals surface area (Å²) in [6.07, 6.45) is 10.3. The van der Waals surface area contributed by atoms with E-state index in [1.807, 2.05) is 61.5 Å². The molecule has 4 aromatic rings. The van der Waals surface area contributed by atoms with Crippen LogP contribution < -0.4 is 10.6 Å². The van der Waals surface area contributed by atoms with Gasteiger partial charge in [-0.05, 0) is 83.2 Å². The van der Waals surface area contributed by atoms with Gasteiger partial charge in [-0.3, -0.25) is 0 Å². The zero-order valence-corrected chi connectivity index (χ0v) is 22.8. The second-order valence-electron chi connectivity index (χ2n) is 9.46. The number of benzene rings is 4. The molecule has 0 saturated carbocycles. The van der Waals surface area contributed by atoms with Crippen LogP contribution in [0.2, 0.25) is 0 Å². The van der Waals surface area contributed by atoms with Crippen LogP contribution in [0.15, 0.2) is 170 Å². The molecule has 0 saturated heterocycles. The quantitative estimate of drug-likeness (QED) is 0.197. The number of nitrogens with one attached hydrogen (secondary N) is 2. The van der Waals surface area contributed by atoms with Crippen molar-refractivity contribution in [2.75, 3.05) is 10.6 Å². The van der Waals surface area contributed by atoms with E-state index in [4.69, 9.17) is 0 Å². The van der Waals surface area contributed by atoms with Crippen molar-refractivity contribution in [3.05, 3.63) is 175 Å². The minimum atomic E-state index is 0.253. The Hall–Kier alpha value is -4.82. The summed E-state index contributed by atoms with van der Waals surface area (Å²) in [6, 6.07) is 37.7. The van der Waals surface area contributed by atoms with Gasteiger partial charge < -0.3 is 10.6 Å². The Morgan fingerprint density at radius 1 is 0.615 bits per heavy atom. The van der Waals surface area contributed by atoms with Crippen molar-refractivity contribution >= 4 is 17.1 Å². The molecule has 0 bridgehead atoms. The Balaban J connectivity index is 1.29. The van der Waals surface area contributed by atoms with Crippen molar-refractivity contribution < 1.29 is 0 Å². The molecule has 0 amide bonds. The van der Waals surface area contributed by atoms with Crippen molar-refractivity contribution in [3.63, 3.8) is 0 Å². The van der Waals surface area contributed by atoms with E-state index in [2.05, 4.69) is 116 Å². The number of rotatable bonds is 11. The van der Waals surface area contributed by atoms with E-state index in [0.29, 0.717) is 0 Å². The van der Waals surface area contributed by atoms with Crippen LogP contribution in [0.4, 0.5) is 17.1 Å².